The van der Waals surface area contributed by atoms with Crippen LogP contribution in [0.25, 0.3) is 0 Å². The van der Waals surface area contributed by atoms with E-state index in [-0.39, 0.29) is 12.0 Å². The normalized spacial score (nSPS) is 17.8. The van der Waals surface area contributed by atoms with Crippen LogP contribution in [0.3, 0.4) is 0 Å². The Bertz CT molecular complexity index is 394. The van der Waals surface area contributed by atoms with Crippen LogP contribution in [0.2, 0.25) is 0 Å². The average molecular weight is 233 g/mol. The summed E-state index contributed by atoms with van der Waals surface area (Å²) in [6.45, 7) is 5.93. The van der Waals surface area contributed by atoms with E-state index < -0.39 is 5.97 Å². The summed E-state index contributed by atoms with van der Waals surface area (Å²) in [6, 6.07) is 10.4. The van der Waals surface area contributed by atoms with Crippen molar-refractivity contribution in [3.05, 3.63) is 35.9 Å². The maximum absolute atomic E-state index is 10.8. The van der Waals surface area contributed by atoms with Crippen molar-refractivity contribution in [2.24, 2.45) is 0 Å². The predicted molar refractivity (Wildman–Crippen MR) is 67.1 cm³/mol. The summed E-state index contributed by atoms with van der Waals surface area (Å²) in [6.07, 6.45) is 0.203. The van der Waals surface area contributed by atoms with E-state index in [2.05, 4.69) is 29.2 Å². The molecule has 1 aliphatic rings. The Balaban J connectivity index is 1.93. The molecule has 92 valence electrons. The van der Waals surface area contributed by atoms with Crippen molar-refractivity contribution in [1.29, 1.82) is 0 Å². The van der Waals surface area contributed by atoms with Crippen LogP contribution >= 0.6 is 0 Å². The smallest absolute Gasteiger partial charge is 0.305 e. The topological polar surface area (TPSA) is 40.5 Å². The fourth-order valence-electron chi connectivity index (χ4n) is 2.39. The van der Waals surface area contributed by atoms with Crippen LogP contribution in [0, 0.1) is 0 Å². The number of nitrogens with zero attached hydrogens (tertiary/aromatic N) is 1. The van der Waals surface area contributed by atoms with E-state index in [1.165, 1.54) is 5.56 Å². The first kappa shape index (κ1) is 12.1. The third kappa shape index (κ3) is 2.67. The molecule has 1 fully saturated rings. The Morgan fingerprint density at radius 3 is 2.47 bits per heavy atom. The number of hydrogen-bond donors (Lipinski definition) is 1. The first-order valence-electron chi connectivity index (χ1n) is 6.01. The van der Waals surface area contributed by atoms with E-state index in [1.807, 2.05) is 19.9 Å². The van der Waals surface area contributed by atoms with Gasteiger partial charge in [-0.25, -0.2) is 0 Å². The lowest BCUT2D eigenvalue weighted by Crippen LogP contribution is -2.56. The Labute approximate surface area is 102 Å². The fourth-order valence-corrected chi connectivity index (χ4v) is 2.39. The number of aliphatic carboxylic acids is 1. The van der Waals surface area contributed by atoms with E-state index >= 15 is 0 Å². The van der Waals surface area contributed by atoms with E-state index in [1.54, 1.807) is 0 Å². The van der Waals surface area contributed by atoms with Gasteiger partial charge in [-0.15, -0.1) is 0 Å². The summed E-state index contributed by atoms with van der Waals surface area (Å²) in [5.41, 5.74) is 1.12. The number of carboxylic acids is 1. The quantitative estimate of drug-likeness (QED) is 0.867. The lowest BCUT2D eigenvalue weighted by Gasteiger charge is -2.49. The fraction of sp³-hybridized carbons (Fsp3) is 0.500. The van der Waals surface area contributed by atoms with Gasteiger partial charge in [0.2, 0.25) is 0 Å². The lowest BCUT2D eigenvalue weighted by atomic mass is 9.85. The van der Waals surface area contributed by atoms with Crippen molar-refractivity contribution in [3.8, 4) is 0 Å². The van der Waals surface area contributed by atoms with Crippen molar-refractivity contribution in [1.82, 2.24) is 4.90 Å². The first-order chi connectivity index (χ1) is 7.99. The third-order valence-corrected chi connectivity index (χ3v) is 3.59. The molecule has 0 bridgehead atoms. The number of likely N-dealkylation sites (tertiary alicyclic amines) is 1. The molecular formula is C14H19NO2. The zero-order valence-corrected chi connectivity index (χ0v) is 10.4. The summed E-state index contributed by atoms with van der Waals surface area (Å²) in [4.78, 5) is 13.0. The molecule has 0 aliphatic carbocycles. The van der Waals surface area contributed by atoms with Gasteiger partial charge in [-0.3, -0.25) is 9.69 Å². The Morgan fingerprint density at radius 2 is 1.94 bits per heavy atom. The van der Waals surface area contributed by atoms with E-state index in [9.17, 15) is 4.79 Å². The largest absolute Gasteiger partial charge is 0.481 e. The number of hydrogen-bond acceptors (Lipinski definition) is 2. The van der Waals surface area contributed by atoms with Crippen LogP contribution in [0.15, 0.2) is 30.3 Å². The summed E-state index contributed by atoms with van der Waals surface area (Å²) in [5, 5.41) is 8.87. The van der Waals surface area contributed by atoms with Crippen LogP contribution in [0.4, 0.5) is 0 Å². The number of carboxylic acid groups (broad SMARTS) is 1. The molecule has 2 rings (SSSR count). The van der Waals surface area contributed by atoms with Gasteiger partial charge in [0.1, 0.15) is 0 Å². The van der Waals surface area contributed by atoms with Gasteiger partial charge in [-0.1, -0.05) is 30.3 Å². The molecule has 0 saturated carbocycles. The molecule has 3 heteroatoms. The van der Waals surface area contributed by atoms with Crippen molar-refractivity contribution in [2.45, 2.75) is 31.7 Å². The highest BCUT2D eigenvalue weighted by Crippen LogP contribution is 2.33. The Hall–Kier alpha value is -1.35. The van der Waals surface area contributed by atoms with Crippen molar-refractivity contribution in [2.75, 3.05) is 13.1 Å². The zero-order valence-electron chi connectivity index (χ0n) is 10.4. The molecule has 1 aromatic rings. The van der Waals surface area contributed by atoms with Crippen LogP contribution < -0.4 is 0 Å². The minimum Gasteiger partial charge on any atom is -0.481 e. The number of carbonyl (C=O) groups is 1. The van der Waals surface area contributed by atoms with E-state index in [0.717, 1.165) is 13.1 Å². The van der Waals surface area contributed by atoms with Gasteiger partial charge >= 0.3 is 5.97 Å². The summed E-state index contributed by atoms with van der Waals surface area (Å²) in [5.74, 6) is -0.164. The molecule has 0 unspecified atom stereocenters. The molecule has 1 aromatic carbocycles. The maximum atomic E-state index is 10.8. The molecule has 17 heavy (non-hydrogen) atoms. The van der Waals surface area contributed by atoms with Crippen LogP contribution in [0.1, 0.15) is 31.7 Å². The Kier molecular flexibility index (Phi) is 3.20. The molecule has 0 amide bonds. The maximum Gasteiger partial charge on any atom is 0.305 e. The predicted octanol–water partition coefficient (Wildman–Crippen LogP) is 2.34. The highest BCUT2D eigenvalue weighted by atomic mass is 16.4. The summed E-state index contributed by atoms with van der Waals surface area (Å²) in [7, 11) is 0. The molecule has 3 nitrogen and oxygen atoms in total. The molecule has 0 aromatic heterocycles. The van der Waals surface area contributed by atoms with E-state index in [0.29, 0.717) is 5.92 Å². The van der Waals surface area contributed by atoms with Gasteiger partial charge in [0.05, 0.1) is 6.42 Å². The molecule has 1 heterocycles. The lowest BCUT2D eigenvalue weighted by molar-refractivity contribution is -0.140. The monoisotopic (exact) mass is 233 g/mol. The Morgan fingerprint density at radius 1 is 1.35 bits per heavy atom. The molecule has 1 N–H and O–H groups in total. The second kappa shape index (κ2) is 4.49. The molecule has 1 aliphatic heterocycles. The molecule has 0 spiro atoms. The number of rotatable bonds is 4. The third-order valence-electron chi connectivity index (χ3n) is 3.59. The second-order valence-electron chi connectivity index (χ2n) is 5.40. The standard InChI is InChI=1S/C14H19NO2/c1-14(2,8-13(16)17)15-9-12(10-15)11-6-4-3-5-7-11/h3-7,12H,8-10H2,1-2H3,(H,16,17). The van der Waals surface area contributed by atoms with Gasteiger partial charge in [-0.2, -0.15) is 0 Å². The minimum atomic E-state index is -0.724. The van der Waals surface area contributed by atoms with Gasteiger partial charge in [0.25, 0.3) is 0 Å². The molecule has 0 atom stereocenters. The highest BCUT2D eigenvalue weighted by molar-refractivity contribution is 5.68. The van der Waals surface area contributed by atoms with Gasteiger partial charge in [0, 0.05) is 24.5 Å². The van der Waals surface area contributed by atoms with Crippen LogP contribution in [0.5, 0.6) is 0 Å². The zero-order chi connectivity index (χ0) is 12.5. The van der Waals surface area contributed by atoms with Gasteiger partial charge < -0.3 is 5.11 Å². The van der Waals surface area contributed by atoms with E-state index in [4.69, 9.17) is 5.11 Å². The van der Waals surface area contributed by atoms with Gasteiger partial charge in [0.15, 0.2) is 0 Å². The molecule has 0 radical (unpaired) electrons. The second-order valence-corrected chi connectivity index (χ2v) is 5.40. The number of benzene rings is 1. The first-order valence-corrected chi connectivity index (χ1v) is 6.01. The van der Waals surface area contributed by atoms with Crippen molar-refractivity contribution >= 4 is 5.97 Å². The minimum absolute atomic E-state index is 0.203. The SMILES string of the molecule is CC(C)(CC(=O)O)N1CC(c2ccccc2)C1. The van der Waals surface area contributed by atoms with Crippen LogP contribution in [-0.2, 0) is 4.79 Å². The molecular weight excluding hydrogens is 214 g/mol. The van der Waals surface area contributed by atoms with Crippen molar-refractivity contribution < 1.29 is 9.90 Å². The van der Waals surface area contributed by atoms with Gasteiger partial charge in [-0.05, 0) is 19.4 Å². The summed E-state index contributed by atoms with van der Waals surface area (Å²) >= 11 is 0. The highest BCUT2D eigenvalue weighted by Gasteiger charge is 2.38. The van der Waals surface area contributed by atoms with Crippen LogP contribution in [-0.4, -0.2) is 34.6 Å². The average Bonchev–Trinajstić information content (AvgIpc) is 2.14. The van der Waals surface area contributed by atoms with Crippen molar-refractivity contribution in [3.63, 3.8) is 0 Å². The summed E-state index contributed by atoms with van der Waals surface area (Å²) < 4.78 is 0. The molecule has 1 saturated heterocycles.